The second-order valence-electron chi connectivity index (χ2n) is 8.22. The average Bonchev–Trinajstić information content (AvgIpc) is 3.48. The molecule has 160 valence electrons. The lowest BCUT2D eigenvalue weighted by atomic mass is 10.1. The molecular weight excluding hydrogens is 374 g/mol. The van der Waals surface area contributed by atoms with Gasteiger partial charge in [-0.05, 0) is 42.5 Å². The molecule has 1 aromatic carbocycles. The molecule has 6 nitrogen and oxygen atoms in total. The highest BCUT2D eigenvalue weighted by atomic mass is 16.5. The highest BCUT2D eigenvalue weighted by Gasteiger charge is 2.25. The molecule has 2 aromatic rings. The first-order valence-electron chi connectivity index (χ1n) is 11.1. The smallest absolute Gasteiger partial charge is 0.193 e. The number of guanidine groups is 1. The molecule has 1 aromatic heterocycles. The molecule has 6 heteroatoms. The number of hydrogen-bond donors (Lipinski definition) is 1. The molecule has 1 N–H and O–H groups in total. The molecule has 0 amide bonds. The predicted octanol–water partition coefficient (Wildman–Crippen LogP) is 3.30. The summed E-state index contributed by atoms with van der Waals surface area (Å²) in [7, 11) is 1.86. The number of aromatic nitrogens is 1. The molecule has 0 radical (unpaired) electrons. The zero-order valence-corrected chi connectivity index (χ0v) is 18.0. The zero-order valence-electron chi connectivity index (χ0n) is 18.0. The second-order valence-corrected chi connectivity index (χ2v) is 8.22. The SMILES string of the molecule is CN=C(NCc1ccnc(N2CCCC2)c1)N1CCC(COCc2ccccc2)C1. The van der Waals surface area contributed by atoms with Gasteiger partial charge < -0.3 is 19.9 Å². The molecule has 1 atom stereocenters. The second kappa shape index (κ2) is 10.4. The van der Waals surface area contributed by atoms with E-state index in [2.05, 4.69) is 61.5 Å². The van der Waals surface area contributed by atoms with Crippen LogP contribution < -0.4 is 10.2 Å². The van der Waals surface area contributed by atoms with Crippen LogP contribution in [0.1, 0.15) is 30.4 Å². The molecular formula is C24H33N5O. The summed E-state index contributed by atoms with van der Waals surface area (Å²) in [5, 5.41) is 3.54. The summed E-state index contributed by atoms with van der Waals surface area (Å²) in [5.74, 6) is 2.62. The predicted molar refractivity (Wildman–Crippen MR) is 122 cm³/mol. The van der Waals surface area contributed by atoms with E-state index in [1.54, 1.807) is 0 Å². The third-order valence-electron chi connectivity index (χ3n) is 5.95. The standard InChI is InChI=1S/C24H33N5O/c1-25-24(27-16-21-9-11-26-23(15-21)28-12-5-6-13-28)29-14-10-22(17-29)19-30-18-20-7-3-2-4-8-20/h2-4,7-9,11,15,22H,5-6,10,12-14,16-19H2,1H3,(H,25,27). The van der Waals surface area contributed by atoms with Gasteiger partial charge in [0.2, 0.25) is 0 Å². The summed E-state index contributed by atoms with van der Waals surface area (Å²) in [5.41, 5.74) is 2.48. The van der Waals surface area contributed by atoms with Crippen LogP contribution in [0.2, 0.25) is 0 Å². The van der Waals surface area contributed by atoms with Gasteiger partial charge in [-0.3, -0.25) is 4.99 Å². The lowest BCUT2D eigenvalue weighted by Gasteiger charge is -2.22. The summed E-state index contributed by atoms with van der Waals surface area (Å²) >= 11 is 0. The number of aliphatic imine (C=N–C) groups is 1. The maximum atomic E-state index is 5.96. The molecule has 0 spiro atoms. The van der Waals surface area contributed by atoms with Crippen LogP contribution in [-0.2, 0) is 17.9 Å². The van der Waals surface area contributed by atoms with E-state index in [4.69, 9.17) is 4.74 Å². The Morgan fingerprint density at radius 2 is 1.97 bits per heavy atom. The molecule has 0 aliphatic carbocycles. The first-order chi connectivity index (χ1) is 14.8. The number of pyridine rings is 1. The van der Waals surface area contributed by atoms with E-state index in [0.717, 1.165) is 57.5 Å². The van der Waals surface area contributed by atoms with Crippen LogP contribution in [0.25, 0.3) is 0 Å². The Morgan fingerprint density at radius 3 is 2.77 bits per heavy atom. The topological polar surface area (TPSA) is 53.0 Å². The Hall–Kier alpha value is -2.60. The van der Waals surface area contributed by atoms with Gasteiger partial charge >= 0.3 is 0 Å². The van der Waals surface area contributed by atoms with Gasteiger partial charge in [0, 0.05) is 51.9 Å². The number of benzene rings is 1. The number of hydrogen-bond acceptors (Lipinski definition) is 4. The Bertz CT molecular complexity index is 819. The quantitative estimate of drug-likeness (QED) is 0.564. The third-order valence-corrected chi connectivity index (χ3v) is 5.95. The number of rotatable bonds is 7. The van der Waals surface area contributed by atoms with Gasteiger partial charge in [-0.2, -0.15) is 0 Å². The number of nitrogens with zero attached hydrogens (tertiary/aromatic N) is 4. The van der Waals surface area contributed by atoms with Crippen molar-refractivity contribution < 1.29 is 4.74 Å². The molecule has 2 aliphatic rings. The Labute approximate surface area is 180 Å². The van der Waals surface area contributed by atoms with Crippen molar-refractivity contribution in [1.82, 2.24) is 15.2 Å². The highest BCUT2D eigenvalue weighted by Crippen LogP contribution is 2.19. The van der Waals surface area contributed by atoms with Gasteiger partial charge in [-0.15, -0.1) is 0 Å². The first kappa shape index (κ1) is 20.7. The minimum absolute atomic E-state index is 0.551. The van der Waals surface area contributed by atoms with Crippen LogP contribution in [0.15, 0.2) is 53.7 Å². The van der Waals surface area contributed by atoms with E-state index >= 15 is 0 Å². The van der Waals surface area contributed by atoms with Gasteiger partial charge in [-0.25, -0.2) is 4.98 Å². The summed E-state index contributed by atoms with van der Waals surface area (Å²) < 4.78 is 5.96. The molecule has 1 unspecified atom stereocenters. The Kier molecular flexibility index (Phi) is 7.19. The van der Waals surface area contributed by atoms with Crippen LogP contribution in [0.5, 0.6) is 0 Å². The lowest BCUT2D eigenvalue weighted by Crippen LogP contribution is -2.39. The van der Waals surface area contributed by atoms with E-state index < -0.39 is 0 Å². The largest absolute Gasteiger partial charge is 0.376 e. The third kappa shape index (κ3) is 5.51. The van der Waals surface area contributed by atoms with Crippen molar-refractivity contribution in [3.8, 4) is 0 Å². The maximum Gasteiger partial charge on any atom is 0.193 e. The van der Waals surface area contributed by atoms with Crippen LogP contribution in [0.4, 0.5) is 5.82 Å². The molecule has 30 heavy (non-hydrogen) atoms. The monoisotopic (exact) mass is 407 g/mol. The number of ether oxygens (including phenoxy) is 1. The molecule has 2 aliphatic heterocycles. The summed E-state index contributed by atoms with van der Waals surface area (Å²) in [6, 6.07) is 14.7. The Morgan fingerprint density at radius 1 is 1.13 bits per heavy atom. The molecule has 2 saturated heterocycles. The van der Waals surface area contributed by atoms with Gasteiger partial charge in [0.05, 0.1) is 13.2 Å². The van der Waals surface area contributed by atoms with Crippen LogP contribution in [-0.4, -0.2) is 55.7 Å². The number of nitrogens with one attached hydrogen (secondary N) is 1. The fourth-order valence-corrected chi connectivity index (χ4v) is 4.28. The van der Waals surface area contributed by atoms with Crippen LogP contribution in [0, 0.1) is 5.92 Å². The fourth-order valence-electron chi connectivity index (χ4n) is 4.28. The van der Waals surface area contributed by atoms with Crippen molar-refractivity contribution >= 4 is 11.8 Å². The lowest BCUT2D eigenvalue weighted by molar-refractivity contribution is 0.0906. The number of likely N-dealkylation sites (tertiary alicyclic amines) is 1. The minimum Gasteiger partial charge on any atom is -0.376 e. The van der Waals surface area contributed by atoms with Gasteiger partial charge in [0.25, 0.3) is 0 Å². The summed E-state index contributed by atoms with van der Waals surface area (Å²) in [6.45, 7) is 6.50. The van der Waals surface area contributed by atoms with Gasteiger partial charge in [-0.1, -0.05) is 30.3 Å². The highest BCUT2D eigenvalue weighted by molar-refractivity contribution is 5.80. The van der Waals surface area contributed by atoms with E-state index in [-0.39, 0.29) is 0 Å². The summed E-state index contributed by atoms with van der Waals surface area (Å²) in [4.78, 5) is 13.8. The Balaban J connectivity index is 1.23. The van der Waals surface area contributed by atoms with Crippen molar-refractivity contribution in [2.75, 3.05) is 44.7 Å². The molecule has 3 heterocycles. The van der Waals surface area contributed by atoms with E-state index in [1.165, 1.54) is 24.0 Å². The first-order valence-corrected chi connectivity index (χ1v) is 11.1. The molecule has 0 bridgehead atoms. The van der Waals surface area contributed by atoms with Gasteiger partial charge in [0.1, 0.15) is 5.82 Å². The zero-order chi connectivity index (χ0) is 20.6. The van der Waals surface area contributed by atoms with E-state index in [9.17, 15) is 0 Å². The molecule has 2 fully saturated rings. The average molecular weight is 408 g/mol. The fraction of sp³-hybridized carbons (Fsp3) is 0.500. The normalized spacial score (nSPS) is 19.5. The van der Waals surface area contributed by atoms with Crippen molar-refractivity contribution in [2.45, 2.75) is 32.4 Å². The molecule has 4 rings (SSSR count). The van der Waals surface area contributed by atoms with Crippen molar-refractivity contribution in [3.63, 3.8) is 0 Å². The van der Waals surface area contributed by atoms with Crippen LogP contribution >= 0.6 is 0 Å². The minimum atomic E-state index is 0.551. The number of anilines is 1. The van der Waals surface area contributed by atoms with Crippen molar-refractivity contribution in [3.05, 3.63) is 59.8 Å². The maximum absolute atomic E-state index is 5.96. The molecule has 0 saturated carbocycles. The van der Waals surface area contributed by atoms with E-state index in [1.807, 2.05) is 19.3 Å². The van der Waals surface area contributed by atoms with E-state index in [0.29, 0.717) is 12.5 Å². The van der Waals surface area contributed by atoms with Crippen LogP contribution in [0.3, 0.4) is 0 Å². The summed E-state index contributed by atoms with van der Waals surface area (Å²) in [6.07, 6.45) is 5.59. The van der Waals surface area contributed by atoms with Crippen molar-refractivity contribution in [1.29, 1.82) is 0 Å². The van der Waals surface area contributed by atoms with Crippen molar-refractivity contribution in [2.24, 2.45) is 10.9 Å². The van der Waals surface area contributed by atoms with Gasteiger partial charge in [0.15, 0.2) is 5.96 Å².